The monoisotopic (exact) mass is 400 g/mol. The van der Waals surface area contributed by atoms with Crippen molar-refractivity contribution in [2.24, 2.45) is 5.41 Å². The van der Waals surface area contributed by atoms with Gasteiger partial charge in [0.05, 0.1) is 18.8 Å². The lowest BCUT2D eigenvalue weighted by Crippen LogP contribution is -2.35. The molecule has 1 amide bonds. The van der Waals surface area contributed by atoms with Gasteiger partial charge in [-0.25, -0.2) is 4.68 Å². The minimum Gasteiger partial charge on any atom is -0.491 e. The molecular weight excluding hydrogens is 368 g/mol. The van der Waals surface area contributed by atoms with Crippen LogP contribution in [-0.4, -0.2) is 52.0 Å². The molecule has 0 spiro atoms. The summed E-state index contributed by atoms with van der Waals surface area (Å²) in [6.07, 6.45) is 3.69. The molecule has 0 radical (unpaired) electrons. The molecule has 0 atom stereocenters. The average Bonchev–Trinajstić information content (AvgIpc) is 3.15. The summed E-state index contributed by atoms with van der Waals surface area (Å²) in [5.41, 5.74) is 0.695. The fraction of sp³-hybridized carbons (Fsp3) is 0.545. The zero-order valence-corrected chi connectivity index (χ0v) is 17.6. The summed E-state index contributed by atoms with van der Waals surface area (Å²) in [6, 6.07) is 10.1. The van der Waals surface area contributed by atoms with E-state index in [9.17, 15) is 4.79 Å². The van der Waals surface area contributed by atoms with E-state index in [1.807, 2.05) is 49.7 Å². The van der Waals surface area contributed by atoms with Crippen molar-refractivity contribution < 1.29 is 14.6 Å². The van der Waals surface area contributed by atoms with E-state index in [1.54, 1.807) is 6.20 Å². The summed E-state index contributed by atoms with van der Waals surface area (Å²) in [5, 5.41) is 16.5. The Morgan fingerprint density at radius 2 is 1.97 bits per heavy atom. The van der Waals surface area contributed by atoms with Crippen LogP contribution >= 0.6 is 0 Å². The number of nitrogens with zero attached hydrogens (tertiary/aromatic N) is 3. The van der Waals surface area contributed by atoms with Crippen LogP contribution in [0.15, 0.2) is 36.5 Å². The normalized spacial score (nSPS) is 16.0. The number of aromatic nitrogens is 2. The van der Waals surface area contributed by atoms with Crippen molar-refractivity contribution in [3.8, 4) is 5.75 Å². The minimum absolute atomic E-state index is 0.00354. The highest BCUT2D eigenvalue weighted by atomic mass is 16.5. The van der Waals surface area contributed by atoms with Crippen LogP contribution in [0.5, 0.6) is 5.75 Å². The molecule has 0 bridgehead atoms. The highest BCUT2D eigenvalue weighted by Gasteiger charge is 2.26. The Morgan fingerprint density at radius 3 is 2.66 bits per heavy atom. The Morgan fingerprint density at radius 1 is 1.24 bits per heavy atom. The van der Waals surface area contributed by atoms with Crippen LogP contribution in [0, 0.1) is 5.41 Å². The predicted octanol–water partition coefficient (Wildman–Crippen LogP) is 3.08. The topological polar surface area (TPSA) is 79.6 Å². The number of carbonyl (C=O) groups is 1. The van der Waals surface area contributed by atoms with Crippen LogP contribution < -0.4 is 10.1 Å². The Labute approximate surface area is 172 Å². The van der Waals surface area contributed by atoms with Crippen molar-refractivity contribution in [1.29, 1.82) is 0 Å². The van der Waals surface area contributed by atoms with Gasteiger partial charge in [-0.1, -0.05) is 39.0 Å². The largest absolute Gasteiger partial charge is 0.491 e. The molecule has 1 aliphatic rings. The van der Waals surface area contributed by atoms with E-state index in [4.69, 9.17) is 9.84 Å². The predicted molar refractivity (Wildman–Crippen MR) is 113 cm³/mol. The standard InChI is InChI=1S/C22H32N4O3/c1-22(2,3)21(28)24-20-8-11-23-26(20)18-9-12-25(13-10-18)16-17-6-4-5-7-19(17)29-15-14-27/h4-8,11,18,27H,9-10,12-16H2,1-3H3,(H,24,28). The summed E-state index contributed by atoms with van der Waals surface area (Å²) in [6.45, 7) is 8.76. The molecule has 0 saturated carbocycles. The lowest BCUT2D eigenvalue weighted by Gasteiger charge is -2.33. The second kappa shape index (κ2) is 9.41. The maximum absolute atomic E-state index is 12.3. The Bertz CT molecular complexity index is 804. The number of nitrogens with one attached hydrogen (secondary N) is 1. The molecule has 2 heterocycles. The lowest BCUT2D eigenvalue weighted by molar-refractivity contribution is -0.123. The number of para-hydroxylation sites is 1. The van der Waals surface area contributed by atoms with Gasteiger partial charge in [-0.05, 0) is 18.9 Å². The second-order valence-corrected chi connectivity index (χ2v) is 8.55. The molecule has 7 nitrogen and oxygen atoms in total. The molecule has 7 heteroatoms. The van der Waals surface area contributed by atoms with E-state index in [0.29, 0.717) is 6.61 Å². The summed E-state index contributed by atoms with van der Waals surface area (Å²) in [5.74, 6) is 1.60. The SMILES string of the molecule is CC(C)(C)C(=O)Nc1ccnn1C1CCN(Cc2ccccc2OCCO)CC1. The fourth-order valence-electron chi connectivity index (χ4n) is 3.50. The van der Waals surface area contributed by atoms with Crippen LogP contribution in [0.3, 0.4) is 0 Å². The minimum atomic E-state index is -0.441. The van der Waals surface area contributed by atoms with E-state index in [-0.39, 0.29) is 18.6 Å². The van der Waals surface area contributed by atoms with Gasteiger partial charge in [0.2, 0.25) is 5.91 Å². The first-order chi connectivity index (χ1) is 13.9. The number of anilines is 1. The van der Waals surface area contributed by atoms with Crippen molar-refractivity contribution in [1.82, 2.24) is 14.7 Å². The van der Waals surface area contributed by atoms with Gasteiger partial charge in [0.15, 0.2) is 0 Å². The number of carbonyl (C=O) groups excluding carboxylic acids is 1. The van der Waals surface area contributed by atoms with E-state index >= 15 is 0 Å². The maximum atomic E-state index is 12.3. The third kappa shape index (κ3) is 5.58. The zero-order chi connectivity index (χ0) is 20.9. The number of ether oxygens (including phenoxy) is 1. The van der Waals surface area contributed by atoms with Gasteiger partial charge in [0, 0.05) is 36.7 Å². The molecule has 1 fully saturated rings. The number of aliphatic hydroxyl groups is 1. The van der Waals surface area contributed by atoms with Gasteiger partial charge in [0.1, 0.15) is 18.2 Å². The molecule has 2 aromatic rings. The smallest absolute Gasteiger partial charge is 0.230 e. The van der Waals surface area contributed by atoms with Gasteiger partial charge in [-0.2, -0.15) is 5.10 Å². The molecule has 2 N–H and O–H groups in total. The summed E-state index contributed by atoms with van der Waals surface area (Å²) in [7, 11) is 0. The zero-order valence-electron chi connectivity index (χ0n) is 17.6. The van der Waals surface area contributed by atoms with Gasteiger partial charge in [0.25, 0.3) is 0 Å². The fourth-order valence-corrected chi connectivity index (χ4v) is 3.50. The van der Waals surface area contributed by atoms with E-state index in [2.05, 4.69) is 21.4 Å². The van der Waals surface area contributed by atoms with Crippen molar-refractivity contribution >= 4 is 11.7 Å². The van der Waals surface area contributed by atoms with Crippen LogP contribution in [-0.2, 0) is 11.3 Å². The van der Waals surface area contributed by atoms with Crippen LogP contribution in [0.4, 0.5) is 5.82 Å². The molecule has 1 aromatic heterocycles. The van der Waals surface area contributed by atoms with Crippen molar-refractivity contribution in [2.75, 3.05) is 31.6 Å². The molecule has 158 valence electrons. The van der Waals surface area contributed by atoms with Crippen LogP contribution in [0.25, 0.3) is 0 Å². The molecule has 1 aliphatic heterocycles. The summed E-state index contributed by atoms with van der Waals surface area (Å²) in [4.78, 5) is 14.8. The molecule has 0 aliphatic carbocycles. The highest BCUT2D eigenvalue weighted by molar-refractivity contribution is 5.93. The number of aliphatic hydroxyl groups excluding tert-OH is 1. The Balaban J connectivity index is 1.58. The Hall–Kier alpha value is -2.38. The molecule has 1 aromatic carbocycles. The highest BCUT2D eigenvalue weighted by Crippen LogP contribution is 2.28. The summed E-state index contributed by atoms with van der Waals surface area (Å²) < 4.78 is 7.61. The number of rotatable bonds is 7. The average molecular weight is 401 g/mol. The first kappa shape index (κ1) is 21.3. The van der Waals surface area contributed by atoms with Crippen molar-refractivity contribution in [2.45, 2.75) is 46.2 Å². The number of amides is 1. The first-order valence-corrected chi connectivity index (χ1v) is 10.3. The van der Waals surface area contributed by atoms with Gasteiger partial charge in [-0.15, -0.1) is 0 Å². The van der Waals surface area contributed by atoms with Gasteiger partial charge >= 0.3 is 0 Å². The van der Waals surface area contributed by atoms with Crippen LogP contribution in [0.1, 0.15) is 45.2 Å². The van der Waals surface area contributed by atoms with E-state index < -0.39 is 5.41 Å². The number of hydrogen-bond acceptors (Lipinski definition) is 5. The second-order valence-electron chi connectivity index (χ2n) is 8.55. The maximum Gasteiger partial charge on any atom is 0.230 e. The molecular formula is C22H32N4O3. The van der Waals surface area contributed by atoms with Crippen molar-refractivity contribution in [3.63, 3.8) is 0 Å². The number of hydrogen-bond donors (Lipinski definition) is 2. The van der Waals surface area contributed by atoms with Gasteiger partial charge in [-0.3, -0.25) is 9.69 Å². The number of piperidine rings is 1. The third-order valence-electron chi connectivity index (χ3n) is 5.21. The molecule has 3 rings (SSSR count). The lowest BCUT2D eigenvalue weighted by atomic mass is 9.96. The summed E-state index contributed by atoms with van der Waals surface area (Å²) >= 11 is 0. The van der Waals surface area contributed by atoms with E-state index in [0.717, 1.165) is 49.6 Å². The van der Waals surface area contributed by atoms with Crippen LogP contribution in [0.2, 0.25) is 0 Å². The first-order valence-electron chi connectivity index (χ1n) is 10.3. The molecule has 0 unspecified atom stereocenters. The number of benzene rings is 1. The molecule has 1 saturated heterocycles. The Kier molecular flexibility index (Phi) is 6.92. The third-order valence-corrected chi connectivity index (χ3v) is 5.21. The van der Waals surface area contributed by atoms with Crippen molar-refractivity contribution in [3.05, 3.63) is 42.1 Å². The van der Waals surface area contributed by atoms with E-state index in [1.165, 1.54) is 0 Å². The van der Waals surface area contributed by atoms with Gasteiger partial charge < -0.3 is 15.2 Å². The quantitative estimate of drug-likeness (QED) is 0.747. The number of likely N-dealkylation sites (tertiary alicyclic amines) is 1. The molecule has 29 heavy (non-hydrogen) atoms.